The number of nitrogens with one attached hydrogen (secondary N) is 2. The van der Waals surface area contributed by atoms with Crippen molar-refractivity contribution in [2.75, 3.05) is 13.1 Å². The summed E-state index contributed by atoms with van der Waals surface area (Å²) < 4.78 is 40.1. The zero-order valence-corrected chi connectivity index (χ0v) is 17.7. The normalized spacial score (nSPS) is 17.2. The molecule has 1 aromatic carbocycles. The molecule has 1 fully saturated rings. The summed E-state index contributed by atoms with van der Waals surface area (Å²) in [5.41, 5.74) is 2.80. The fourth-order valence-corrected chi connectivity index (χ4v) is 5.46. The van der Waals surface area contributed by atoms with Gasteiger partial charge in [0.1, 0.15) is 5.82 Å². The average molecular weight is 423 g/mol. The number of hydrogen-bond acceptors (Lipinski definition) is 4. The van der Waals surface area contributed by atoms with Crippen LogP contribution in [0, 0.1) is 25.6 Å². The summed E-state index contributed by atoms with van der Waals surface area (Å²) in [5.74, 6) is -0.508. The van der Waals surface area contributed by atoms with Crippen molar-refractivity contribution >= 4 is 15.9 Å². The SMILES string of the molecule is Cc1n[nH]c(C)c1[C@@H](C)NC(=O)CC1CCN(S(=O)(=O)c2cccc(F)c2)CC1. The molecule has 2 N–H and O–H groups in total. The quantitative estimate of drug-likeness (QED) is 0.748. The van der Waals surface area contributed by atoms with Gasteiger partial charge in [-0.15, -0.1) is 0 Å². The number of piperidine rings is 1. The van der Waals surface area contributed by atoms with Crippen molar-refractivity contribution in [2.24, 2.45) is 5.92 Å². The molecular formula is C20H27FN4O3S. The van der Waals surface area contributed by atoms with Crippen LogP contribution >= 0.6 is 0 Å². The minimum Gasteiger partial charge on any atom is -0.349 e. The first-order valence-corrected chi connectivity index (χ1v) is 11.2. The van der Waals surface area contributed by atoms with E-state index in [4.69, 9.17) is 0 Å². The highest BCUT2D eigenvalue weighted by atomic mass is 32.2. The van der Waals surface area contributed by atoms with Gasteiger partial charge in [-0.25, -0.2) is 12.8 Å². The summed E-state index contributed by atoms with van der Waals surface area (Å²) in [4.78, 5) is 12.4. The summed E-state index contributed by atoms with van der Waals surface area (Å²) in [7, 11) is -3.71. The minimum absolute atomic E-state index is 0.0339. The van der Waals surface area contributed by atoms with Gasteiger partial charge in [-0.3, -0.25) is 9.89 Å². The van der Waals surface area contributed by atoms with Gasteiger partial charge in [-0.05, 0) is 57.7 Å². The molecule has 0 radical (unpaired) electrons. The van der Waals surface area contributed by atoms with Crippen LogP contribution in [0.25, 0.3) is 0 Å². The van der Waals surface area contributed by atoms with Crippen molar-refractivity contribution in [3.63, 3.8) is 0 Å². The van der Waals surface area contributed by atoms with Crippen molar-refractivity contribution in [1.82, 2.24) is 19.8 Å². The lowest BCUT2D eigenvalue weighted by Gasteiger charge is -2.31. The Balaban J connectivity index is 1.54. The molecule has 1 aromatic heterocycles. The maximum absolute atomic E-state index is 13.4. The second-order valence-electron chi connectivity index (χ2n) is 7.65. The smallest absolute Gasteiger partial charge is 0.243 e. The number of aromatic amines is 1. The van der Waals surface area contributed by atoms with Gasteiger partial charge < -0.3 is 5.32 Å². The number of sulfonamides is 1. The van der Waals surface area contributed by atoms with Crippen molar-refractivity contribution in [1.29, 1.82) is 0 Å². The average Bonchev–Trinajstić information content (AvgIpc) is 3.00. The Morgan fingerprint density at radius 1 is 1.34 bits per heavy atom. The van der Waals surface area contributed by atoms with Crippen molar-refractivity contribution in [2.45, 2.75) is 51.0 Å². The number of H-pyrrole nitrogens is 1. The van der Waals surface area contributed by atoms with Gasteiger partial charge in [0.15, 0.2) is 0 Å². The Hall–Kier alpha value is -2.26. The Morgan fingerprint density at radius 3 is 2.62 bits per heavy atom. The Morgan fingerprint density at radius 2 is 2.03 bits per heavy atom. The number of rotatable bonds is 6. The lowest BCUT2D eigenvalue weighted by atomic mass is 9.94. The predicted molar refractivity (Wildman–Crippen MR) is 107 cm³/mol. The number of carbonyl (C=O) groups is 1. The van der Waals surface area contributed by atoms with E-state index >= 15 is 0 Å². The van der Waals surface area contributed by atoms with Crippen LogP contribution in [0.3, 0.4) is 0 Å². The number of nitrogens with zero attached hydrogens (tertiary/aromatic N) is 2. The second-order valence-corrected chi connectivity index (χ2v) is 9.58. The maximum Gasteiger partial charge on any atom is 0.243 e. The molecule has 0 spiro atoms. The third-order valence-corrected chi connectivity index (χ3v) is 7.37. The van der Waals surface area contributed by atoms with Gasteiger partial charge in [0.25, 0.3) is 0 Å². The van der Waals surface area contributed by atoms with Gasteiger partial charge in [0.2, 0.25) is 15.9 Å². The highest BCUT2D eigenvalue weighted by Crippen LogP contribution is 2.26. The Kier molecular flexibility index (Phi) is 6.38. The van der Waals surface area contributed by atoms with Crippen molar-refractivity contribution in [3.8, 4) is 0 Å². The summed E-state index contributed by atoms with van der Waals surface area (Å²) >= 11 is 0. The number of benzene rings is 1. The Labute approximate surface area is 170 Å². The van der Waals surface area contributed by atoms with Gasteiger partial charge in [0.05, 0.1) is 16.6 Å². The predicted octanol–water partition coefficient (Wildman–Crippen LogP) is 2.83. The molecule has 0 saturated carbocycles. The fourth-order valence-electron chi connectivity index (χ4n) is 3.96. The molecule has 2 aromatic rings. The van der Waals surface area contributed by atoms with E-state index < -0.39 is 15.8 Å². The molecule has 9 heteroatoms. The van der Waals surface area contributed by atoms with E-state index in [0.29, 0.717) is 32.4 Å². The third-order valence-electron chi connectivity index (χ3n) is 5.48. The summed E-state index contributed by atoms with van der Waals surface area (Å²) in [6, 6.07) is 4.91. The number of carbonyl (C=O) groups excluding carboxylic acids is 1. The second kappa shape index (κ2) is 8.62. The molecule has 0 unspecified atom stereocenters. The topological polar surface area (TPSA) is 95.2 Å². The van der Waals surface area contributed by atoms with Crippen LogP contribution in [0.1, 0.15) is 49.2 Å². The van der Waals surface area contributed by atoms with Crippen molar-refractivity contribution in [3.05, 3.63) is 47.0 Å². The molecule has 0 aliphatic carbocycles. The summed E-state index contributed by atoms with van der Waals surface area (Å²) in [5, 5.41) is 10.1. The zero-order valence-electron chi connectivity index (χ0n) is 16.9. The molecule has 7 nitrogen and oxygen atoms in total. The maximum atomic E-state index is 13.4. The minimum atomic E-state index is -3.71. The molecule has 1 saturated heterocycles. The van der Waals surface area contributed by atoms with Crippen molar-refractivity contribution < 1.29 is 17.6 Å². The van der Waals surface area contributed by atoms with E-state index in [1.165, 1.54) is 22.5 Å². The largest absolute Gasteiger partial charge is 0.349 e. The van der Waals surface area contributed by atoms with Gasteiger partial charge >= 0.3 is 0 Å². The van der Waals surface area contributed by atoms with Crippen LogP contribution in [-0.2, 0) is 14.8 Å². The third kappa shape index (κ3) is 4.84. The molecular weight excluding hydrogens is 395 g/mol. The number of aromatic nitrogens is 2. The van der Waals surface area contributed by atoms with E-state index in [0.717, 1.165) is 23.0 Å². The van der Waals surface area contributed by atoms with Crippen LogP contribution in [0.15, 0.2) is 29.2 Å². The van der Waals surface area contributed by atoms with Crippen LogP contribution < -0.4 is 5.32 Å². The molecule has 29 heavy (non-hydrogen) atoms. The monoisotopic (exact) mass is 422 g/mol. The number of amides is 1. The number of halogens is 1. The molecule has 1 atom stereocenters. The summed E-state index contributed by atoms with van der Waals surface area (Å²) in [6.07, 6.45) is 1.55. The van der Waals surface area contributed by atoms with E-state index in [1.807, 2.05) is 20.8 Å². The first-order chi connectivity index (χ1) is 13.7. The van der Waals surface area contributed by atoms with Crippen LogP contribution in [0.5, 0.6) is 0 Å². The van der Waals surface area contributed by atoms with E-state index in [9.17, 15) is 17.6 Å². The fraction of sp³-hybridized carbons (Fsp3) is 0.500. The standard InChI is InChI=1S/C20H27FN4O3S/c1-13(20-14(2)23-24-15(20)3)22-19(26)11-16-7-9-25(10-8-16)29(27,28)18-6-4-5-17(21)12-18/h4-6,12-13,16H,7-11H2,1-3H3,(H,22,26)(H,23,24)/t13-/m1/s1. The highest BCUT2D eigenvalue weighted by molar-refractivity contribution is 7.89. The Bertz CT molecular complexity index is 962. The molecule has 158 valence electrons. The van der Waals surface area contributed by atoms with E-state index in [1.54, 1.807) is 0 Å². The number of aryl methyl sites for hydroxylation is 2. The summed E-state index contributed by atoms with van der Waals surface area (Å²) in [6.45, 7) is 6.40. The number of hydrogen-bond donors (Lipinski definition) is 2. The lowest BCUT2D eigenvalue weighted by Crippen LogP contribution is -2.39. The van der Waals surface area contributed by atoms with E-state index in [-0.39, 0.29) is 22.8 Å². The molecule has 3 rings (SSSR count). The van der Waals surface area contributed by atoms with Gasteiger partial charge in [-0.2, -0.15) is 9.40 Å². The van der Waals surface area contributed by atoms with Gasteiger partial charge in [0, 0.05) is 30.8 Å². The molecule has 1 aliphatic heterocycles. The lowest BCUT2D eigenvalue weighted by molar-refractivity contribution is -0.122. The van der Waals surface area contributed by atoms with Crippen LogP contribution in [0.2, 0.25) is 0 Å². The molecule has 1 amide bonds. The molecule has 2 heterocycles. The van der Waals surface area contributed by atoms with Crippen LogP contribution in [-0.4, -0.2) is 41.9 Å². The van der Waals surface area contributed by atoms with E-state index in [2.05, 4.69) is 15.5 Å². The molecule has 0 bridgehead atoms. The first kappa shape index (κ1) is 21.4. The van der Waals surface area contributed by atoms with Gasteiger partial charge in [-0.1, -0.05) is 6.07 Å². The highest BCUT2D eigenvalue weighted by Gasteiger charge is 2.30. The first-order valence-electron chi connectivity index (χ1n) is 9.75. The zero-order chi connectivity index (χ0) is 21.2. The molecule has 1 aliphatic rings. The van der Waals surface area contributed by atoms with Crippen LogP contribution in [0.4, 0.5) is 4.39 Å².